The van der Waals surface area contributed by atoms with E-state index in [1.165, 1.54) is 0 Å². The summed E-state index contributed by atoms with van der Waals surface area (Å²) in [5, 5.41) is 12.6. The third-order valence-corrected chi connectivity index (χ3v) is 3.55. The van der Waals surface area contributed by atoms with E-state index in [4.69, 9.17) is 4.74 Å². The number of nitrogens with one attached hydrogen (secondary N) is 1. The van der Waals surface area contributed by atoms with Gasteiger partial charge >= 0.3 is 6.09 Å². The lowest BCUT2D eigenvalue weighted by Crippen LogP contribution is -2.55. The Bertz CT molecular complexity index is 296. The summed E-state index contributed by atoms with van der Waals surface area (Å²) in [5.41, 5.74) is -0.469. The number of rotatable bonds is 5. The highest BCUT2D eigenvalue weighted by atomic mass is 16.6. The largest absolute Gasteiger partial charge is 0.444 e. The first-order valence-electron chi connectivity index (χ1n) is 7.73. The van der Waals surface area contributed by atoms with E-state index in [9.17, 15) is 9.90 Å². The molecule has 0 aromatic heterocycles. The number of ether oxygens (including phenoxy) is 1. The minimum atomic E-state index is -0.469. The highest BCUT2D eigenvalue weighted by Crippen LogP contribution is 2.23. The Hall–Kier alpha value is -0.810. The zero-order valence-corrected chi connectivity index (χ0v) is 13.3. The predicted molar refractivity (Wildman–Crippen MR) is 79.7 cm³/mol. The molecule has 2 N–H and O–H groups in total. The number of hydrogen-bond donors (Lipinski definition) is 2. The highest BCUT2D eigenvalue weighted by molar-refractivity contribution is 5.68. The molecule has 5 nitrogen and oxygen atoms in total. The topological polar surface area (TPSA) is 61.8 Å². The van der Waals surface area contributed by atoms with Crippen molar-refractivity contribution in [3.63, 3.8) is 0 Å². The molecule has 1 saturated heterocycles. The molecule has 0 spiro atoms. The number of likely N-dealkylation sites (tertiary alicyclic amines) is 1. The average molecular weight is 286 g/mol. The van der Waals surface area contributed by atoms with Gasteiger partial charge in [0.2, 0.25) is 0 Å². The fourth-order valence-corrected chi connectivity index (χ4v) is 2.75. The standard InChI is InChI=1S/C15H30N2O3/c1-5-16-12(9-11-18)13-8-6-7-10-17(13)14(19)20-15(2,3)4/h12-13,16,18H,5-11H2,1-4H3/t12-,13-/m1/s1. The summed E-state index contributed by atoms with van der Waals surface area (Å²) in [4.78, 5) is 14.2. The van der Waals surface area contributed by atoms with Gasteiger partial charge in [-0.05, 0) is 53.0 Å². The van der Waals surface area contributed by atoms with Crippen LogP contribution in [-0.4, -0.2) is 53.5 Å². The Balaban J connectivity index is 2.76. The first-order valence-corrected chi connectivity index (χ1v) is 7.73. The van der Waals surface area contributed by atoms with Crippen LogP contribution >= 0.6 is 0 Å². The van der Waals surface area contributed by atoms with E-state index >= 15 is 0 Å². The van der Waals surface area contributed by atoms with Gasteiger partial charge in [-0.1, -0.05) is 6.92 Å². The van der Waals surface area contributed by atoms with E-state index in [1.807, 2.05) is 32.6 Å². The van der Waals surface area contributed by atoms with Crippen LogP contribution in [0, 0.1) is 0 Å². The molecule has 1 rings (SSSR count). The normalized spacial score (nSPS) is 21.6. The van der Waals surface area contributed by atoms with Crippen LogP contribution in [0.15, 0.2) is 0 Å². The van der Waals surface area contributed by atoms with E-state index in [-0.39, 0.29) is 24.8 Å². The zero-order valence-electron chi connectivity index (χ0n) is 13.3. The maximum Gasteiger partial charge on any atom is 0.410 e. The lowest BCUT2D eigenvalue weighted by Gasteiger charge is -2.41. The number of aliphatic hydroxyl groups is 1. The molecule has 1 fully saturated rings. The molecular weight excluding hydrogens is 256 g/mol. The zero-order chi connectivity index (χ0) is 15.2. The van der Waals surface area contributed by atoms with Gasteiger partial charge in [0.15, 0.2) is 0 Å². The second kappa shape index (κ2) is 7.84. The van der Waals surface area contributed by atoms with Crippen LogP contribution in [0.1, 0.15) is 53.4 Å². The van der Waals surface area contributed by atoms with Gasteiger partial charge in [-0.2, -0.15) is 0 Å². The predicted octanol–water partition coefficient (Wildman–Crippen LogP) is 2.14. The van der Waals surface area contributed by atoms with Crippen molar-refractivity contribution >= 4 is 6.09 Å². The van der Waals surface area contributed by atoms with Gasteiger partial charge in [0.05, 0.1) is 6.04 Å². The molecule has 0 radical (unpaired) electrons. The smallest absolute Gasteiger partial charge is 0.410 e. The molecule has 0 unspecified atom stereocenters. The maximum atomic E-state index is 12.4. The SMILES string of the molecule is CCN[C@H](CCO)[C@H]1CCCCN1C(=O)OC(C)(C)C. The summed E-state index contributed by atoms with van der Waals surface area (Å²) in [5.74, 6) is 0. The Morgan fingerprint density at radius 2 is 2.15 bits per heavy atom. The Morgan fingerprint density at radius 3 is 2.70 bits per heavy atom. The molecule has 118 valence electrons. The lowest BCUT2D eigenvalue weighted by atomic mass is 9.94. The van der Waals surface area contributed by atoms with Gasteiger partial charge < -0.3 is 20.1 Å². The Labute approximate surface area is 122 Å². The van der Waals surface area contributed by atoms with Crippen molar-refractivity contribution in [3.05, 3.63) is 0 Å². The molecule has 1 heterocycles. The number of aliphatic hydroxyl groups excluding tert-OH is 1. The van der Waals surface area contributed by atoms with Gasteiger partial charge in [-0.3, -0.25) is 0 Å². The molecule has 0 saturated carbocycles. The number of piperidine rings is 1. The number of carbonyl (C=O) groups excluding carboxylic acids is 1. The summed E-state index contributed by atoms with van der Waals surface area (Å²) in [6.45, 7) is 9.43. The quantitative estimate of drug-likeness (QED) is 0.813. The van der Waals surface area contributed by atoms with Crippen molar-refractivity contribution < 1.29 is 14.6 Å². The molecule has 20 heavy (non-hydrogen) atoms. The Morgan fingerprint density at radius 1 is 1.45 bits per heavy atom. The number of amides is 1. The van der Waals surface area contributed by atoms with E-state index < -0.39 is 5.60 Å². The van der Waals surface area contributed by atoms with Crippen molar-refractivity contribution in [1.29, 1.82) is 0 Å². The number of carbonyl (C=O) groups is 1. The molecule has 5 heteroatoms. The van der Waals surface area contributed by atoms with Gasteiger partial charge in [-0.15, -0.1) is 0 Å². The van der Waals surface area contributed by atoms with Crippen LogP contribution in [0.4, 0.5) is 4.79 Å². The van der Waals surface area contributed by atoms with E-state index in [2.05, 4.69) is 5.32 Å². The Kier molecular flexibility index (Phi) is 6.76. The fraction of sp³-hybridized carbons (Fsp3) is 0.933. The van der Waals surface area contributed by atoms with Crippen LogP contribution < -0.4 is 5.32 Å². The number of nitrogens with zero attached hydrogens (tertiary/aromatic N) is 1. The van der Waals surface area contributed by atoms with Gasteiger partial charge in [0.1, 0.15) is 5.60 Å². The summed E-state index contributed by atoms with van der Waals surface area (Å²) in [6, 6.07) is 0.253. The van der Waals surface area contributed by atoms with Crippen LogP contribution in [0.25, 0.3) is 0 Å². The minimum absolute atomic E-state index is 0.116. The fourth-order valence-electron chi connectivity index (χ4n) is 2.75. The van der Waals surface area contributed by atoms with Crippen molar-refractivity contribution in [2.24, 2.45) is 0 Å². The van der Waals surface area contributed by atoms with Gasteiger partial charge in [0, 0.05) is 19.2 Å². The lowest BCUT2D eigenvalue weighted by molar-refractivity contribution is 0.00344. The van der Waals surface area contributed by atoms with E-state index in [0.717, 1.165) is 32.4 Å². The molecule has 1 amide bonds. The van der Waals surface area contributed by atoms with Crippen molar-refractivity contribution in [3.8, 4) is 0 Å². The summed E-state index contributed by atoms with van der Waals surface area (Å²) in [6.07, 6.45) is 3.54. The van der Waals surface area contributed by atoms with Crippen LogP contribution in [0.3, 0.4) is 0 Å². The molecule has 1 aliphatic heterocycles. The van der Waals surface area contributed by atoms with Gasteiger partial charge in [0.25, 0.3) is 0 Å². The van der Waals surface area contributed by atoms with Crippen LogP contribution in [0.2, 0.25) is 0 Å². The average Bonchev–Trinajstić information content (AvgIpc) is 2.36. The summed E-state index contributed by atoms with van der Waals surface area (Å²) in [7, 11) is 0. The molecule has 2 atom stereocenters. The number of likely N-dealkylation sites (N-methyl/N-ethyl adjacent to an activating group) is 1. The minimum Gasteiger partial charge on any atom is -0.444 e. The first-order chi connectivity index (χ1) is 9.39. The third-order valence-electron chi connectivity index (χ3n) is 3.55. The van der Waals surface area contributed by atoms with Crippen molar-refractivity contribution in [2.45, 2.75) is 71.1 Å². The van der Waals surface area contributed by atoms with Crippen molar-refractivity contribution in [1.82, 2.24) is 10.2 Å². The summed E-state index contributed by atoms with van der Waals surface area (Å²) < 4.78 is 5.51. The second-order valence-corrected chi connectivity index (χ2v) is 6.41. The van der Waals surface area contributed by atoms with E-state index in [0.29, 0.717) is 6.42 Å². The van der Waals surface area contributed by atoms with Crippen LogP contribution in [0.5, 0.6) is 0 Å². The molecule has 0 aromatic carbocycles. The van der Waals surface area contributed by atoms with Crippen molar-refractivity contribution in [2.75, 3.05) is 19.7 Å². The van der Waals surface area contributed by atoms with Crippen LogP contribution in [-0.2, 0) is 4.74 Å². The highest BCUT2D eigenvalue weighted by Gasteiger charge is 2.34. The summed E-state index contributed by atoms with van der Waals surface area (Å²) >= 11 is 0. The molecular formula is C15H30N2O3. The molecule has 1 aliphatic rings. The van der Waals surface area contributed by atoms with Gasteiger partial charge in [-0.25, -0.2) is 4.79 Å². The van der Waals surface area contributed by atoms with E-state index in [1.54, 1.807) is 0 Å². The molecule has 0 aromatic rings. The molecule has 0 aliphatic carbocycles. The first kappa shape index (κ1) is 17.2. The molecule has 0 bridgehead atoms. The monoisotopic (exact) mass is 286 g/mol. The number of hydrogen-bond acceptors (Lipinski definition) is 4. The second-order valence-electron chi connectivity index (χ2n) is 6.41. The third kappa shape index (κ3) is 5.29. The maximum absolute atomic E-state index is 12.4.